The van der Waals surface area contributed by atoms with Crippen LogP contribution in [0, 0.1) is 13.8 Å². The Morgan fingerprint density at radius 2 is 2.00 bits per heavy atom. The number of benzene rings is 1. The van der Waals surface area contributed by atoms with Crippen molar-refractivity contribution in [2.45, 2.75) is 32.1 Å². The second-order valence-electron chi connectivity index (χ2n) is 4.71. The first kappa shape index (κ1) is 11.3. The second kappa shape index (κ2) is 3.67. The van der Waals surface area contributed by atoms with Crippen LogP contribution in [0.25, 0.3) is 0 Å². The van der Waals surface area contributed by atoms with Crippen molar-refractivity contribution in [3.8, 4) is 11.5 Å². The van der Waals surface area contributed by atoms with E-state index >= 15 is 0 Å². The molecule has 0 unspecified atom stereocenters. The van der Waals surface area contributed by atoms with Crippen molar-refractivity contribution < 1.29 is 9.84 Å². The van der Waals surface area contributed by atoms with Gasteiger partial charge in [0.05, 0.1) is 7.11 Å². The van der Waals surface area contributed by atoms with Gasteiger partial charge >= 0.3 is 0 Å². The normalized spacial score (nSPS) is 17.2. The molecule has 0 bridgehead atoms. The summed E-state index contributed by atoms with van der Waals surface area (Å²) < 4.78 is 5.20. The summed E-state index contributed by atoms with van der Waals surface area (Å²) >= 11 is 0. The van der Waals surface area contributed by atoms with Crippen molar-refractivity contribution in [1.29, 1.82) is 0 Å². The molecule has 1 fully saturated rings. The zero-order valence-electron chi connectivity index (χ0n) is 10.1. The average molecular weight is 221 g/mol. The molecule has 3 nitrogen and oxygen atoms in total. The molecule has 1 saturated carbocycles. The summed E-state index contributed by atoms with van der Waals surface area (Å²) in [5, 5.41) is 9.91. The van der Waals surface area contributed by atoms with Gasteiger partial charge in [-0.2, -0.15) is 0 Å². The number of hydrogen-bond donors (Lipinski definition) is 2. The molecule has 0 aliphatic heterocycles. The van der Waals surface area contributed by atoms with Crippen molar-refractivity contribution in [1.82, 2.24) is 0 Å². The number of ether oxygens (including phenoxy) is 1. The molecule has 0 spiro atoms. The monoisotopic (exact) mass is 221 g/mol. The van der Waals surface area contributed by atoms with Crippen LogP contribution >= 0.6 is 0 Å². The van der Waals surface area contributed by atoms with Crippen molar-refractivity contribution in [3.63, 3.8) is 0 Å². The molecule has 1 aromatic rings. The molecular formula is C13H19NO2. The fourth-order valence-electron chi connectivity index (χ4n) is 2.31. The van der Waals surface area contributed by atoms with Gasteiger partial charge in [-0.3, -0.25) is 0 Å². The maximum atomic E-state index is 9.91. The number of methoxy groups -OCH3 is 1. The first-order valence-electron chi connectivity index (χ1n) is 5.63. The summed E-state index contributed by atoms with van der Waals surface area (Å²) in [7, 11) is 1.58. The van der Waals surface area contributed by atoms with Crippen molar-refractivity contribution >= 4 is 0 Å². The molecule has 0 heterocycles. The van der Waals surface area contributed by atoms with E-state index < -0.39 is 0 Å². The Kier molecular flexibility index (Phi) is 2.58. The van der Waals surface area contributed by atoms with Crippen LogP contribution in [0.1, 0.15) is 29.5 Å². The Morgan fingerprint density at radius 1 is 1.38 bits per heavy atom. The first-order chi connectivity index (χ1) is 7.55. The molecule has 3 N–H and O–H groups in total. The third-order valence-electron chi connectivity index (χ3n) is 3.87. The van der Waals surface area contributed by atoms with E-state index in [4.69, 9.17) is 10.5 Å². The maximum Gasteiger partial charge on any atom is 0.161 e. The molecule has 0 amide bonds. The molecule has 0 aromatic heterocycles. The highest BCUT2D eigenvalue weighted by atomic mass is 16.5. The van der Waals surface area contributed by atoms with Gasteiger partial charge in [-0.05, 0) is 49.4 Å². The van der Waals surface area contributed by atoms with Gasteiger partial charge in [-0.25, -0.2) is 0 Å². The minimum Gasteiger partial charge on any atom is -0.504 e. The quantitative estimate of drug-likeness (QED) is 0.821. The second-order valence-corrected chi connectivity index (χ2v) is 4.71. The van der Waals surface area contributed by atoms with Gasteiger partial charge in [-0.15, -0.1) is 0 Å². The summed E-state index contributed by atoms with van der Waals surface area (Å²) in [5.41, 5.74) is 9.26. The highest BCUT2D eigenvalue weighted by Crippen LogP contribution is 2.51. The lowest BCUT2D eigenvalue weighted by atomic mass is 9.89. The molecule has 0 atom stereocenters. The molecule has 0 saturated heterocycles. The van der Waals surface area contributed by atoms with Crippen molar-refractivity contribution in [2.24, 2.45) is 5.73 Å². The van der Waals surface area contributed by atoms with Gasteiger partial charge in [0, 0.05) is 12.0 Å². The molecule has 3 heteroatoms. The van der Waals surface area contributed by atoms with Gasteiger partial charge in [0.2, 0.25) is 0 Å². The average Bonchev–Trinajstić information content (AvgIpc) is 3.07. The topological polar surface area (TPSA) is 55.5 Å². The molecule has 16 heavy (non-hydrogen) atoms. The predicted molar refractivity (Wildman–Crippen MR) is 64.1 cm³/mol. The van der Waals surface area contributed by atoms with Crippen LogP contribution in [0.5, 0.6) is 11.5 Å². The van der Waals surface area contributed by atoms with Gasteiger partial charge in [0.1, 0.15) is 0 Å². The largest absolute Gasteiger partial charge is 0.504 e. The lowest BCUT2D eigenvalue weighted by Gasteiger charge is -2.20. The third kappa shape index (κ3) is 1.47. The fraction of sp³-hybridized carbons (Fsp3) is 0.538. The summed E-state index contributed by atoms with van der Waals surface area (Å²) in [6.07, 6.45) is 2.27. The van der Waals surface area contributed by atoms with Crippen molar-refractivity contribution in [2.75, 3.05) is 13.7 Å². The Balaban J connectivity index is 2.58. The van der Waals surface area contributed by atoms with E-state index in [0.717, 1.165) is 24.0 Å². The lowest BCUT2D eigenvalue weighted by Crippen LogP contribution is -2.21. The highest BCUT2D eigenvalue weighted by Gasteiger charge is 2.44. The fourth-order valence-corrected chi connectivity index (χ4v) is 2.31. The van der Waals surface area contributed by atoms with E-state index in [9.17, 15) is 5.11 Å². The Morgan fingerprint density at radius 3 is 2.44 bits per heavy atom. The third-order valence-corrected chi connectivity index (χ3v) is 3.87. The number of hydrogen-bond acceptors (Lipinski definition) is 3. The van der Waals surface area contributed by atoms with Crippen LogP contribution in [0.4, 0.5) is 0 Å². The Bertz CT molecular complexity index is 422. The van der Waals surface area contributed by atoms with E-state index in [2.05, 4.69) is 0 Å². The van der Waals surface area contributed by atoms with Gasteiger partial charge in [-0.1, -0.05) is 0 Å². The number of aromatic hydroxyl groups is 1. The minimum atomic E-state index is 0.135. The summed E-state index contributed by atoms with van der Waals surface area (Å²) in [6.45, 7) is 4.63. The van der Waals surface area contributed by atoms with Gasteiger partial charge in [0.25, 0.3) is 0 Å². The SMILES string of the molecule is COc1cc(C2(CN)CC2)c(C)c(C)c1O. The summed E-state index contributed by atoms with van der Waals surface area (Å²) in [4.78, 5) is 0. The standard InChI is InChI=1S/C13H19NO2/c1-8-9(2)12(15)11(16-3)6-10(8)13(7-14)4-5-13/h6,15H,4-5,7,14H2,1-3H3. The van der Waals surface area contributed by atoms with Crippen LogP contribution in [0.3, 0.4) is 0 Å². The van der Waals surface area contributed by atoms with Gasteiger partial charge in [0.15, 0.2) is 11.5 Å². The van der Waals surface area contributed by atoms with E-state index in [-0.39, 0.29) is 11.2 Å². The highest BCUT2D eigenvalue weighted by molar-refractivity contribution is 5.56. The van der Waals surface area contributed by atoms with E-state index in [1.807, 2.05) is 19.9 Å². The minimum absolute atomic E-state index is 0.135. The number of phenolic OH excluding ortho intramolecular Hbond substituents is 1. The van der Waals surface area contributed by atoms with Crippen LogP contribution in [0.15, 0.2) is 6.07 Å². The van der Waals surface area contributed by atoms with Crippen LogP contribution in [0.2, 0.25) is 0 Å². The zero-order valence-corrected chi connectivity index (χ0v) is 10.1. The number of nitrogens with two attached hydrogens (primary N) is 1. The molecule has 1 aliphatic carbocycles. The number of phenols is 1. The summed E-state index contributed by atoms with van der Waals surface area (Å²) in [6, 6.07) is 1.94. The molecule has 1 aromatic carbocycles. The zero-order chi connectivity index (χ0) is 11.9. The molecule has 1 aliphatic rings. The van der Waals surface area contributed by atoms with E-state index in [0.29, 0.717) is 12.3 Å². The first-order valence-corrected chi connectivity index (χ1v) is 5.63. The predicted octanol–water partition coefficient (Wildman–Crippen LogP) is 2.01. The Hall–Kier alpha value is -1.22. The molecule has 2 rings (SSSR count). The number of rotatable bonds is 3. The van der Waals surface area contributed by atoms with E-state index in [1.54, 1.807) is 7.11 Å². The smallest absolute Gasteiger partial charge is 0.161 e. The lowest BCUT2D eigenvalue weighted by molar-refractivity contribution is 0.370. The maximum absolute atomic E-state index is 9.91. The van der Waals surface area contributed by atoms with Crippen LogP contribution in [-0.2, 0) is 5.41 Å². The van der Waals surface area contributed by atoms with E-state index in [1.165, 1.54) is 5.56 Å². The molecule has 0 radical (unpaired) electrons. The summed E-state index contributed by atoms with van der Waals surface area (Å²) in [5.74, 6) is 0.800. The Labute approximate surface area is 96.2 Å². The van der Waals surface area contributed by atoms with Gasteiger partial charge < -0.3 is 15.6 Å². The molecular weight excluding hydrogens is 202 g/mol. The van der Waals surface area contributed by atoms with Crippen LogP contribution < -0.4 is 10.5 Å². The van der Waals surface area contributed by atoms with Crippen LogP contribution in [-0.4, -0.2) is 18.8 Å². The van der Waals surface area contributed by atoms with Crippen molar-refractivity contribution in [3.05, 3.63) is 22.8 Å². The molecule has 88 valence electrons.